The molecule has 0 aliphatic heterocycles. The van der Waals surface area contributed by atoms with Crippen LogP contribution in [-0.2, 0) is 10.3 Å². The summed E-state index contributed by atoms with van der Waals surface area (Å²) in [4.78, 5) is 0. The van der Waals surface area contributed by atoms with Crippen molar-refractivity contribution in [3.05, 3.63) is 35.9 Å². The number of ether oxygens (including phenoxy) is 1. The molecule has 1 aromatic carbocycles. The third kappa shape index (κ3) is 4.09. The molecule has 1 atom stereocenters. The molecule has 1 aromatic rings. The lowest BCUT2D eigenvalue weighted by atomic mass is 9.89. The zero-order valence-corrected chi connectivity index (χ0v) is 11.6. The molecule has 1 rings (SSSR count). The van der Waals surface area contributed by atoms with Gasteiger partial charge >= 0.3 is 0 Å². The van der Waals surface area contributed by atoms with Crippen LogP contribution in [0, 0.1) is 0 Å². The average molecular weight is 251 g/mol. The first-order valence-electron chi connectivity index (χ1n) is 6.53. The SMILES string of the molecule is CCC(C)(C)OCCC(N)(CO)c1ccccc1. The van der Waals surface area contributed by atoms with Crippen molar-refractivity contribution < 1.29 is 9.84 Å². The van der Waals surface area contributed by atoms with Crippen LogP contribution in [-0.4, -0.2) is 23.9 Å². The highest BCUT2D eigenvalue weighted by atomic mass is 16.5. The largest absolute Gasteiger partial charge is 0.394 e. The standard InChI is InChI=1S/C15H25NO2/c1-4-14(2,3)18-11-10-15(16,12-17)13-8-6-5-7-9-13/h5-9,17H,4,10-12,16H2,1-3H3. The zero-order valence-electron chi connectivity index (χ0n) is 11.6. The number of hydrogen-bond acceptors (Lipinski definition) is 3. The summed E-state index contributed by atoms with van der Waals surface area (Å²) in [6, 6.07) is 9.70. The lowest BCUT2D eigenvalue weighted by Crippen LogP contribution is -2.42. The van der Waals surface area contributed by atoms with Gasteiger partial charge in [0.05, 0.1) is 17.7 Å². The molecular weight excluding hydrogens is 226 g/mol. The Labute approximate surface area is 110 Å². The van der Waals surface area contributed by atoms with Crippen LogP contribution in [0.5, 0.6) is 0 Å². The molecule has 0 saturated heterocycles. The highest BCUT2D eigenvalue weighted by Gasteiger charge is 2.27. The fourth-order valence-corrected chi connectivity index (χ4v) is 1.70. The monoisotopic (exact) mass is 251 g/mol. The molecular formula is C15H25NO2. The maximum atomic E-state index is 9.54. The molecule has 0 radical (unpaired) electrons. The van der Waals surface area contributed by atoms with Gasteiger partial charge in [0.15, 0.2) is 0 Å². The summed E-state index contributed by atoms with van der Waals surface area (Å²) in [5.41, 5.74) is 6.36. The van der Waals surface area contributed by atoms with E-state index in [1.165, 1.54) is 0 Å². The van der Waals surface area contributed by atoms with Crippen LogP contribution >= 0.6 is 0 Å². The molecule has 0 saturated carbocycles. The first-order valence-corrected chi connectivity index (χ1v) is 6.53. The van der Waals surface area contributed by atoms with E-state index in [0.717, 1.165) is 12.0 Å². The van der Waals surface area contributed by atoms with Crippen molar-refractivity contribution in [1.29, 1.82) is 0 Å². The van der Waals surface area contributed by atoms with Gasteiger partial charge in [-0.2, -0.15) is 0 Å². The van der Waals surface area contributed by atoms with Gasteiger partial charge in [-0.3, -0.25) is 0 Å². The minimum atomic E-state index is -0.717. The lowest BCUT2D eigenvalue weighted by molar-refractivity contribution is -0.0309. The van der Waals surface area contributed by atoms with Crippen LogP contribution in [0.15, 0.2) is 30.3 Å². The van der Waals surface area contributed by atoms with E-state index in [1.54, 1.807) is 0 Å². The number of hydrogen-bond donors (Lipinski definition) is 2. The van der Waals surface area contributed by atoms with Crippen molar-refractivity contribution >= 4 is 0 Å². The van der Waals surface area contributed by atoms with Crippen molar-refractivity contribution in [3.8, 4) is 0 Å². The summed E-state index contributed by atoms with van der Waals surface area (Å²) in [5, 5.41) is 9.54. The first kappa shape index (κ1) is 15.2. The minimum Gasteiger partial charge on any atom is -0.394 e. The van der Waals surface area contributed by atoms with Gasteiger partial charge in [0.1, 0.15) is 0 Å². The number of benzene rings is 1. The summed E-state index contributed by atoms with van der Waals surface area (Å²) in [6.07, 6.45) is 1.56. The van der Waals surface area contributed by atoms with E-state index in [0.29, 0.717) is 13.0 Å². The van der Waals surface area contributed by atoms with E-state index in [1.807, 2.05) is 30.3 Å². The van der Waals surface area contributed by atoms with Crippen LogP contribution in [0.25, 0.3) is 0 Å². The average Bonchev–Trinajstić information content (AvgIpc) is 2.39. The predicted octanol–water partition coefficient (Wildman–Crippen LogP) is 2.43. The van der Waals surface area contributed by atoms with Crippen molar-refractivity contribution in [2.45, 2.75) is 44.8 Å². The lowest BCUT2D eigenvalue weighted by Gasteiger charge is -2.30. The summed E-state index contributed by atoms with van der Waals surface area (Å²) >= 11 is 0. The van der Waals surface area contributed by atoms with Gasteiger partial charge in [-0.15, -0.1) is 0 Å². The van der Waals surface area contributed by atoms with E-state index >= 15 is 0 Å². The molecule has 0 spiro atoms. The van der Waals surface area contributed by atoms with E-state index in [9.17, 15) is 5.11 Å². The second-order valence-corrected chi connectivity index (χ2v) is 5.39. The molecule has 18 heavy (non-hydrogen) atoms. The summed E-state index contributed by atoms with van der Waals surface area (Å²) in [7, 11) is 0. The molecule has 0 aliphatic rings. The fourth-order valence-electron chi connectivity index (χ4n) is 1.70. The smallest absolute Gasteiger partial charge is 0.0666 e. The molecule has 102 valence electrons. The van der Waals surface area contributed by atoms with Gasteiger partial charge in [0.25, 0.3) is 0 Å². The van der Waals surface area contributed by atoms with Crippen LogP contribution < -0.4 is 5.73 Å². The fraction of sp³-hybridized carbons (Fsp3) is 0.600. The van der Waals surface area contributed by atoms with Crippen LogP contribution in [0.2, 0.25) is 0 Å². The van der Waals surface area contributed by atoms with Gasteiger partial charge < -0.3 is 15.6 Å². The van der Waals surface area contributed by atoms with Crippen molar-refractivity contribution in [2.24, 2.45) is 5.73 Å². The second-order valence-electron chi connectivity index (χ2n) is 5.39. The van der Waals surface area contributed by atoms with Gasteiger partial charge in [-0.05, 0) is 32.3 Å². The Balaban J connectivity index is 2.62. The van der Waals surface area contributed by atoms with E-state index in [4.69, 9.17) is 10.5 Å². The maximum absolute atomic E-state index is 9.54. The van der Waals surface area contributed by atoms with E-state index < -0.39 is 5.54 Å². The summed E-state index contributed by atoms with van der Waals surface area (Å²) in [5.74, 6) is 0. The number of rotatable bonds is 7. The molecule has 0 heterocycles. The highest BCUT2D eigenvalue weighted by Crippen LogP contribution is 2.23. The molecule has 1 unspecified atom stereocenters. The van der Waals surface area contributed by atoms with Gasteiger partial charge in [0, 0.05) is 6.61 Å². The molecule has 3 N–H and O–H groups in total. The van der Waals surface area contributed by atoms with Crippen molar-refractivity contribution in [3.63, 3.8) is 0 Å². The topological polar surface area (TPSA) is 55.5 Å². The Morgan fingerprint density at radius 2 is 1.83 bits per heavy atom. The molecule has 0 aliphatic carbocycles. The molecule has 0 aromatic heterocycles. The Morgan fingerprint density at radius 3 is 2.33 bits per heavy atom. The first-order chi connectivity index (χ1) is 8.43. The Morgan fingerprint density at radius 1 is 1.22 bits per heavy atom. The number of aliphatic hydroxyl groups is 1. The van der Waals surface area contributed by atoms with E-state index in [2.05, 4.69) is 20.8 Å². The van der Waals surface area contributed by atoms with Crippen molar-refractivity contribution in [1.82, 2.24) is 0 Å². The number of aliphatic hydroxyl groups excluding tert-OH is 1. The van der Waals surface area contributed by atoms with Gasteiger partial charge in [0.2, 0.25) is 0 Å². The van der Waals surface area contributed by atoms with E-state index in [-0.39, 0.29) is 12.2 Å². The van der Waals surface area contributed by atoms with Crippen molar-refractivity contribution in [2.75, 3.05) is 13.2 Å². The predicted molar refractivity (Wildman–Crippen MR) is 74.3 cm³/mol. The summed E-state index contributed by atoms with van der Waals surface area (Å²) < 4.78 is 5.81. The Hall–Kier alpha value is -0.900. The third-order valence-corrected chi connectivity index (χ3v) is 3.52. The normalized spacial score (nSPS) is 15.4. The second kappa shape index (κ2) is 6.32. The zero-order chi connectivity index (χ0) is 13.6. The molecule has 0 bridgehead atoms. The quantitative estimate of drug-likeness (QED) is 0.782. The Kier molecular flexibility index (Phi) is 5.32. The molecule has 0 amide bonds. The van der Waals surface area contributed by atoms with Crippen LogP contribution in [0.1, 0.15) is 39.2 Å². The molecule has 3 nitrogen and oxygen atoms in total. The van der Waals surface area contributed by atoms with Gasteiger partial charge in [-0.25, -0.2) is 0 Å². The third-order valence-electron chi connectivity index (χ3n) is 3.52. The maximum Gasteiger partial charge on any atom is 0.0666 e. The molecule has 3 heteroatoms. The minimum absolute atomic E-state index is 0.0765. The summed E-state index contributed by atoms with van der Waals surface area (Å²) in [6.45, 7) is 6.69. The van der Waals surface area contributed by atoms with Gasteiger partial charge in [-0.1, -0.05) is 37.3 Å². The highest BCUT2D eigenvalue weighted by molar-refractivity contribution is 5.23. The number of nitrogens with two attached hydrogens (primary N) is 1. The van der Waals surface area contributed by atoms with Crippen LogP contribution in [0.4, 0.5) is 0 Å². The molecule has 0 fully saturated rings. The Bertz CT molecular complexity index is 351. The van der Waals surface area contributed by atoms with Crippen LogP contribution in [0.3, 0.4) is 0 Å².